The molecular weight excluding hydrogens is 256 g/mol. The van der Waals surface area contributed by atoms with Gasteiger partial charge in [-0.05, 0) is 27.6 Å². The lowest BCUT2D eigenvalue weighted by atomic mass is 9.91. The van der Waals surface area contributed by atoms with Gasteiger partial charge in [0, 0.05) is 21.5 Å². The Kier molecular flexibility index (Phi) is 1.47. The summed E-state index contributed by atoms with van der Waals surface area (Å²) in [6.45, 7) is 0. The van der Waals surface area contributed by atoms with Gasteiger partial charge in [0.2, 0.25) is 0 Å². The molecule has 0 radical (unpaired) electrons. The zero-order valence-electron chi connectivity index (χ0n) is 11.2. The van der Waals surface area contributed by atoms with Crippen LogP contribution < -0.4 is 0 Å². The molecule has 21 heavy (non-hydrogen) atoms. The molecule has 0 fully saturated rings. The first-order valence-electron chi connectivity index (χ1n) is 7.22. The maximum Gasteiger partial charge on any atom is 0.178 e. The predicted octanol–water partition coefficient (Wildman–Crippen LogP) is 5.92. The molecule has 0 amide bonds. The minimum atomic E-state index is 1.07. The Morgan fingerprint density at radius 1 is 0.524 bits per heavy atom. The van der Waals surface area contributed by atoms with Crippen molar-refractivity contribution in [3.8, 4) is 0 Å². The molecule has 5 aromatic carbocycles. The molecule has 0 bridgehead atoms. The summed E-state index contributed by atoms with van der Waals surface area (Å²) >= 11 is 0. The largest absolute Gasteiger partial charge is 0.448 e. The van der Waals surface area contributed by atoms with Crippen LogP contribution >= 0.6 is 0 Å². The number of benzene rings is 5. The lowest BCUT2D eigenvalue weighted by molar-refractivity contribution is 0.762. The lowest BCUT2D eigenvalue weighted by Crippen LogP contribution is -1.84. The van der Waals surface area contributed by atoms with Gasteiger partial charge in [-0.25, -0.2) is 0 Å². The zero-order valence-corrected chi connectivity index (χ0v) is 11.2. The summed E-state index contributed by atoms with van der Waals surface area (Å²) in [5.41, 5.74) is 2.13. The first-order valence-corrected chi connectivity index (χ1v) is 7.22. The van der Waals surface area contributed by atoms with Crippen LogP contribution in [-0.4, -0.2) is 0 Å². The van der Waals surface area contributed by atoms with Crippen molar-refractivity contribution in [1.82, 2.24) is 0 Å². The summed E-state index contributed by atoms with van der Waals surface area (Å²) < 4.78 is 5.82. The van der Waals surface area contributed by atoms with Gasteiger partial charge in [-0.1, -0.05) is 54.6 Å². The van der Waals surface area contributed by atoms with Crippen molar-refractivity contribution < 1.29 is 4.42 Å². The fraction of sp³-hybridized carbons (Fsp3) is 0. The summed E-state index contributed by atoms with van der Waals surface area (Å²) in [5.74, 6) is 0. The topological polar surface area (TPSA) is 13.1 Å². The van der Waals surface area contributed by atoms with Crippen LogP contribution in [0.2, 0.25) is 0 Å². The van der Waals surface area contributed by atoms with Crippen molar-refractivity contribution in [3.05, 3.63) is 60.7 Å². The number of hydrogen-bond acceptors (Lipinski definition) is 1. The molecule has 0 aliphatic carbocycles. The molecule has 0 saturated heterocycles. The van der Waals surface area contributed by atoms with Crippen LogP contribution in [0.15, 0.2) is 65.1 Å². The normalized spacial score (nSPS) is 12.8. The Morgan fingerprint density at radius 3 is 2.33 bits per heavy atom. The summed E-state index contributed by atoms with van der Waals surface area (Å²) in [4.78, 5) is 0. The van der Waals surface area contributed by atoms with Crippen LogP contribution in [0.1, 0.15) is 0 Å². The molecule has 0 saturated carbocycles. The van der Waals surface area contributed by atoms with Gasteiger partial charge in [0.1, 0.15) is 0 Å². The smallest absolute Gasteiger partial charge is 0.178 e. The highest BCUT2D eigenvalue weighted by atomic mass is 16.4. The molecule has 1 aromatic heterocycles. The average Bonchev–Trinajstić information content (AvgIpc) is 3.34. The lowest BCUT2D eigenvalue weighted by Gasteiger charge is -2.10. The average molecular weight is 266 g/mol. The van der Waals surface area contributed by atoms with Crippen molar-refractivity contribution in [2.75, 3.05) is 0 Å². The molecule has 96 valence electrons. The summed E-state index contributed by atoms with van der Waals surface area (Å²) in [5, 5.41) is 10.4. The van der Waals surface area contributed by atoms with Crippen molar-refractivity contribution in [3.63, 3.8) is 0 Å². The van der Waals surface area contributed by atoms with E-state index < -0.39 is 0 Å². The van der Waals surface area contributed by atoms with Crippen LogP contribution in [-0.2, 0) is 0 Å². The Bertz CT molecular complexity index is 1270. The third kappa shape index (κ3) is 1.06. The second kappa shape index (κ2) is 3.09. The van der Waals surface area contributed by atoms with Gasteiger partial charge >= 0.3 is 0 Å². The first kappa shape index (κ1) is 10.0. The van der Waals surface area contributed by atoms with Gasteiger partial charge in [-0.2, -0.15) is 0 Å². The first-order chi connectivity index (χ1) is 10.4. The van der Waals surface area contributed by atoms with E-state index in [2.05, 4.69) is 60.7 Å². The van der Waals surface area contributed by atoms with E-state index in [1.807, 2.05) is 0 Å². The zero-order chi connectivity index (χ0) is 13.6. The van der Waals surface area contributed by atoms with Gasteiger partial charge in [0.25, 0.3) is 0 Å². The quantitative estimate of drug-likeness (QED) is 0.245. The highest BCUT2D eigenvalue weighted by Crippen LogP contribution is 2.46. The fourth-order valence-corrected chi connectivity index (χ4v) is 3.78. The van der Waals surface area contributed by atoms with E-state index in [1.165, 1.54) is 43.1 Å². The van der Waals surface area contributed by atoms with Crippen molar-refractivity contribution in [2.45, 2.75) is 0 Å². The molecule has 0 atom stereocenters. The fourth-order valence-electron chi connectivity index (χ4n) is 3.78. The maximum atomic E-state index is 5.82. The van der Waals surface area contributed by atoms with E-state index in [-0.39, 0.29) is 0 Å². The predicted molar refractivity (Wildman–Crippen MR) is 88.6 cm³/mol. The molecule has 0 unspecified atom stereocenters. The van der Waals surface area contributed by atoms with E-state index in [0.29, 0.717) is 0 Å². The van der Waals surface area contributed by atoms with E-state index >= 15 is 0 Å². The standard InChI is InChI=1S/C20H10O/c1-2-6-13-12(4-1)10-16-18-14(13)9-8-11-5-3-7-15(17(11)18)19-20(16)21-19/h1-10H. The number of rotatable bonds is 0. The van der Waals surface area contributed by atoms with Crippen LogP contribution in [0.3, 0.4) is 0 Å². The van der Waals surface area contributed by atoms with Crippen molar-refractivity contribution >= 4 is 54.3 Å². The van der Waals surface area contributed by atoms with Gasteiger partial charge in [-0.3, -0.25) is 0 Å². The van der Waals surface area contributed by atoms with E-state index in [1.54, 1.807) is 0 Å². The molecule has 1 heterocycles. The second-order valence-electron chi connectivity index (χ2n) is 5.80. The molecular formula is C20H10O. The third-order valence-corrected chi connectivity index (χ3v) is 4.72. The Hall–Kier alpha value is -2.80. The molecule has 1 heteroatoms. The molecule has 6 aromatic rings. The van der Waals surface area contributed by atoms with Crippen LogP contribution in [0.5, 0.6) is 0 Å². The molecule has 6 rings (SSSR count). The van der Waals surface area contributed by atoms with Gasteiger partial charge in [0.05, 0.1) is 0 Å². The SMILES string of the molecule is c1ccc2c(c1)cc1c3oc3c3cccc4ccc2c1c43. The van der Waals surface area contributed by atoms with Gasteiger partial charge in [-0.15, -0.1) is 0 Å². The van der Waals surface area contributed by atoms with Gasteiger partial charge in [0.15, 0.2) is 11.2 Å². The highest BCUT2D eigenvalue weighted by Gasteiger charge is 2.21. The summed E-state index contributed by atoms with van der Waals surface area (Å²) in [6.07, 6.45) is 0. The summed E-state index contributed by atoms with van der Waals surface area (Å²) in [6, 6.07) is 21.8. The molecule has 0 aliphatic rings. The summed E-state index contributed by atoms with van der Waals surface area (Å²) in [7, 11) is 0. The molecule has 1 nitrogen and oxygen atoms in total. The van der Waals surface area contributed by atoms with E-state index in [9.17, 15) is 0 Å². The Balaban J connectivity index is 2.11. The van der Waals surface area contributed by atoms with Crippen molar-refractivity contribution in [2.24, 2.45) is 0 Å². The number of hydrogen-bond donors (Lipinski definition) is 0. The molecule has 0 spiro atoms. The molecule has 0 N–H and O–H groups in total. The van der Waals surface area contributed by atoms with Gasteiger partial charge < -0.3 is 4.42 Å². The molecule has 0 aliphatic heterocycles. The minimum absolute atomic E-state index is 1.07. The minimum Gasteiger partial charge on any atom is -0.448 e. The van der Waals surface area contributed by atoms with Crippen LogP contribution in [0.4, 0.5) is 0 Å². The Labute approximate surface area is 120 Å². The maximum absolute atomic E-state index is 5.82. The highest BCUT2D eigenvalue weighted by molar-refractivity contribution is 6.37. The van der Waals surface area contributed by atoms with E-state index in [0.717, 1.165) is 11.2 Å². The number of fused-ring (bicyclic) bond motifs is 5. The van der Waals surface area contributed by atoms with E-state index in [4.69, 9.17) is 4.42 Å². The monoisotopic (exact) mass is 266 g/mol. The third-order valence-electron chi connectivity index (χ3n) is 4.72. The second-order valence-corrected chi connectivity index (χ2v) is 5.80. The Morgan fingerprint density at radius 2 is 1.33 bits per heavy atom. The van der Waals surface area contributed by atoms with Crippen LogP contribution in [0.25, 0.3) is 54.3 Å². The van der Waals surface area contributed by atoms with Crippen LogP contribution in [0, 0.1) is 0 Å². The van der Waals surface area contributed by atoms with Crippen molar-refractivity contribution in [1.29, 1.82) is 0 Å².